The molecule has 0 atom stereocenters. The van der Waals surface area contributed by atoms with E-state index >= 15 is 0 Å². The summed E-state index contributed by atoms with van der Waals surface area (Å²) in [5.41, 5.74) is 7.89. The van der Waals surface area contributed by atoms with Crippen LogP contribution in [0.2, 0.25) is 0 Å². The van der Waals surface area contributed by atoms with Gasteiger partial charge < -0.3 is 0 Å². The van der Waals surface area contributed by atoms with Gasteiger partial charge in [0.1, 0.15) is 5.69 Å². The molecule has 3 aromatic heterocycles. The minimum Gasteiger partial charge on any atom is -0.232 e. The van der Waals surface area contributed by atoms with Crippen molar-refractivity contribution in [3.05, 3.63) is 109 Å². The van der Waals surface area contributed by atoms with Gasteiger partial charge in [0.2, 0.25) is 0 Å². The van der Waals surface area contributed by atoms with Crippen LogP contribution in [0, 0.1) is 6.92 Å². The molecule has 0 aliphatic heterocycles. The fourth-order valence-corrected chi connectivity index (χ4v) is 4.16. The van der Waals surface area contributed by atoms with Crippen LogP contribution in [0.15, 0.2) is 103 Å². The normalized spacial score (nSPS) is 11.3. The molecule has 0 saturated carbocycles. The molecule has 0 radical (unpaired) electrons. The Morgan fingerprint density at radius 3 is 1.84 bits per heavy atom. The summed E-state index contributed by atoms with van der Waals surface area (Å²) >= 11 is 0. The van der Waals surface area contributed by atoms with E-state index in [-0.39, 0.29) is 0 Å². The quantitative estimate of drug-likeness (QED) is 0.329. The Kier molecular flexibility index (Phi) is 4.29. The first kappa shape index (κ1) is 18.5. The van der Waals surface area contributed by atoms with E-state index in [1.54, 1.807) is 0 Å². The van der Waals surface area contributed by atoms with Crippen molar-refractivity contribution in [3.8, 4) is 34.0 Å². The van der Waals surface area contributed by atoms with Crippen molar-refractivity contribution in [2.45, 2.75) is 6.92 Å². The molecule has 32 heavy (non-hydrogen) atoms. The van der Waals surface area contributed by atoms with Crippen molar-refractivity contribution in [2.75, 3.05) is 0 Å². The van der Waals surface area contributed by atoms with E-state index < -0.39 is 0 Å². The highest BCUT2D eigenvalue weighted by atomic mass is 15.2. The van der Waals surface area contributed by atoms with Gasteiger partial charge in [0.25, 0.3) is 0 Å². The largest absolute Gasteiger partial charge is 0.232 e. The first-order chi connectivity index (χ1) is 15.8. The number of rotatable bonds is 3. The van der Waals surface area contributed by atoms with Gasteiger partial charge in [-0.2, -0.15) is 5.10 Å². The third-order valence-electron chi connectivity index (χ3n) is 5.83. The predicted octanol–water partition coefficient (Wildman–Crippen LogP) is 6.59. The first-order valence-electron chi connectivity index (χ1n) is 10.7. The zero-order valence-corrected chi connectivity index (χ0v) is 17.6. The number of para-hydroxylation sites is 1. The van der Waals surface area contributed by atoms with Crippen molar-refractivity contribution in [2.24, 2.45) is 0 Å². The Labute approximate surface area is 185 Å². The lowest BCUT2D eigenvalue weighted by Gasteiger charge is -2.08. The van der Waals surface area contributed by atoms with Crippen LogP contribution in [-0.4, -0.2) is 19.6 Å². The van der Waals surface area contributed by atoms with E-state index in [9.17, 15) is 0 Å². The van der Waals surface area contributed by atoms with Crippen LogP contribution < -0.4 is 0 Å². The maximum atomic E-state index is 4.97. The summed E-state index contributed by atoms with van der Waals surface area (Å²) in [6, 6.07) is 35.0. The smallest absolute Gasteiger partial charge is 0.181 e. The molecule has 3 heterocycles. The Bertz CT molecular complexity index is 1510. The van der Waals surface area contributed by atoms with Gasteiger partial charge in [-0.25, -0.2) is 14.5 Å². The molecule has 0 aliphatic carbocycles. The lowest BCUT2D eigenvalue weighted by molar-refractivity contribution is 0.994. The van der Waals surface area contributed by atoms with Gasteiger partial charge in [0.05, 0.1) is 22.4 Å². The number of aryl methyl sites for hydroxylation is 1. The second-order valence-corrected chi connectivity index (χ2v) is 7.86. The summed E-state index contributed by atoms with van der Waals surface area (Å²) in [5.74, 6) is 0.635. The SMILES string of the molecule is Cc1c(-c2nc(-c3ccccc3)cc(-c3ccccc3)n2)nn2c1ccc1ccccc12. The second kappa shape index (κ2) is 7.43. The number of nitrogens with zero attached hydrogens (tertiary/aromatic N) is 4. The number of hydrogen-bond donors (Lipinski definition) is 0. The van der Waals surface area contributed by atoms with Crippen molar-refractivity contribution in [1.82, 2.24) is 19.6 Å². The summed E-state index contributed by atoms with van der Waals surface area (Å²) in [6.45, 7) is 2.09. The summed E-state index contributed by atoms with van der Waals surface area (Å²) in [6.07, 6.45) is 0. The highest BCUT2D eigenvalue weighted by Gasteiger charge is 2.17. The summed E-state index contributed by atoms with van der Waals surface area (Å²) < 4.78 is 2.00. The van der Waals surface area contributed by atoms with E-state index in [1.807, 2.05) is 53.0 Å². The highest BCUT2D eigenvalue weighted by Crippen LogP contribution is 2.30. The maximum absolute atomic E-state index is 4.97. The van der Waals surface area contributed by atoms with Gasteiger partial charge in [0, 0.05) is 22.1 Å². The number of benzene rings is 3. The third kappa shape index (κ3) is 3.05. The fraction of sp³-hybridized carbons (Fsp3) is 0.0357. The van der Waals surface area contributed by atoms with Crippen molar-refractivity contribution in [1.29, 1.82) is 0 Å². The number of pyridine rings is 1. The Morgan fingerprint density at radius 2 is 1.19 bits per heavy atom. The number of hydrogen-bond acceptors (Lipinski definition) is 3. The molecule has 4 heteroatoms. The zero-order valence-electron chi connectivity index (χ0n) is 17.6. The molecule has 0 aliphatic rings. The van der Waals surface area contributed by atoms with E-state index in [1.165, 1.54) is 0 Å². The fourth-order valence-electron chi connectivity index (χ4n) is 4.16. The van der Waals surface area contributed by atoms with Crippen LogP contribution in [0.3, 0.4) is 0 Å². The Hall–Kier alpha value is -4.31. The second-order valence-electron chi connectivity index (χ2n) is 7.86. The Morgan fingerprint density at radius 1 is 0.594 bits per heavy atom. The standard InChI is InChI=1S/C28H20N4/c1-19-25-17-16-22-14-8-9-15-26(22)32(25)31-27(19)28-29-23(20-10-4-2-5-11-20)18-24(30-28)21-12-6-3-7-13-21/h2-18H,1H3. The lowest BCUT2D eigenvalue weighted by Crippen LogP contribution is -1.97. The molecule has 0 spiro atoms. The molecule has 0 saturated heterocycles. The van der Waals surface area contributed by atoms with Crippen LogP contribution in [0.4, 0.5) is 0 Å². The monoisotopic (exact) mass is 412 g/mol. The molecule has 0 amide bonds. The molecule has 3 aromatic carbocycles. The van der Waals surface area contributed by atoms with Crippen LogP contribution in [0.1, 0.15) is 5.56 Å². The molecular weight excluding hydrogens is 392 g/mol. The maximum Gasteiger partial charge on any atom is 0.181 e. The van der Waals surface area contributed by atoms with Gasteiger partial charge in [0.15, 0.2) is 5.82 Å². The van der Waals surface area contributed by atoms with Crippen molar-refractivity contribution in [3.63, 3.8) is 0 Å². The summed E-state index contributed by atoms with van der Waals surface area (Å²) in [7, 11) is 0. The molecule has 0 unspecified atom stereocenters. The predicted molar refractivity (Wildman–Crippen MR) is 129 cm³/mol. The summed E-state index contributed by atoms with van der Waals surface area (Å²) in [5, 5.41) is 6.12. The van der Waals surface area contributed by atoms with Gasteiger partial charge in [-0.1, -0.05) is 84.9 Å². The molecular formula is C28H20N4. The van der Waals surface area contributed by atoms with Crippen molar-refractivity contribution < 1.29 is 0 Å². The average Bonchev–Trinajstić information content (AvgIpc) is 3.22. The van der Waals surface area contributed by atoms with Gasteiger partial charge in [-0.05, 0) is 25.1 Å². The minimum absolute atomic E-state index is 0.635. The van der Waals surface area contributed by atoms with Crippen molar-refractivity contribution >= 4 is 16.4 Å². The molecule has 0 bridgehead atoms. The molecule has 152 valence electrons. The lowest BCUT2D eigenvalue weighted by atomic mass is 10.1. The topological polar surface area (TPSA) is 43.1 Å². The Balaban J connectivity index is 1.62. The molecule has 6 rings (SSSR count). The van der Waals surface area contributed by atoms with Crippen LogP contribution in [0.25, 0.3) is 50.5 Å². The van der Waals surface area contributed by atoms with Crippen LogP contribution >= 0.6 is 0 Å². The van der Waals surface area contributed by atoms with Gasteiger partial charge in [-0.15, -0.1) is 0 Å². The number of fused-ring (bicyclic) bond motifs is 3. The molecule has 4 nitrogen and oxygen atoms in total. The van der Waals surface area contributed by atoms with Crippen LogP contribution in [-0.2, 0) is 0 Å². The van der Waals surface area contributed by atoms with E-state index in [2.05, 4.69) is 61.5 Å². The number of aromatic nitrogens is 4. The molecule has 0 N–H and O–H groups in total. The third-order valence-corrected chi connectivity index (χ3v) is 5.83. The van der Waals surface area contributed by atoms with E-state index in [0.29, 0.717) is 5.82 Å². The highest BCUT2D eigenvalue weighted by molar-refractivity contribution is 5.85. The average molecular weight is 412 g/mol. The van der Waals surface area contributed by atoms with E-state index in [0.717, 1.165) is 50.2 Å². The minimum atomic E-state index is 0.635. The first-order valence-corrected chi connectivity index (χ1v) is 10.7. The molecule has 0 fully saturated rings. The van der Waals surface area contributed by atoms with E-state index in [4.69, 9.17) is 15.1 Å². The molecule has 6 aromatic rings. The van der Waals surface area contributed by atoms with Gasteiger partial charge >= 0.3 is 0 Å². The van der Waals surface area contributed by atoms with Gasteiger partial charge in [-0.3, -0.25) is 0 Å². The van der Waals surface area contributed by atoms with Crippen LogP contribution in [0.5, 0.6) is 0 Å². The summed E-state index contributed by atoms with van der Waals surface area (Å²) in [4.78, 5) is 9.90. The zero-order chi connectivity index (χ0) is 21.5.